The van der Waals surface area contributed by atoms with E-state index >= 15 is 0 Å². The highest BCUT2D eigenvalue weighted by Gasteiger charge is 2.49. The second kappa shape index (κ2) is 6.88. The minimum atomic E-state index is -0.584. The third kappa shape index (κ3) is 3.17. The Kier molecular flexibility index (Phi) is 4.32. The zero-order chi connectivity index (χ0) is 20.0. The number of rotatable bonds is 3. The number of amidine groups is 1. The van der Waals surface area contributed by atoms with Crippen LogP contribution in [0.4, 0.5) is 0 Å². The first-order chi connectivity index (χ1) is 14.0. The molecule has 1 spiro atoms. The summed E-state index contributed by atoms with van der Waals surface area (Å²) in [6, 6.07) is 16.3. The third-order valence-corrected chi connectivity index (χ3v) is 6.76. The molecule has 1 saturated carbocycles. The van der Waals surface area contributed by atoms with Crippen molar-refractivity contribution < 1.29 is 9.63 Å². The number of carbonyl (C=O) groups excluding carboxylic acids is 1. The van der Waals surface area contributed by atoms with Crippen molar-refractivity contribution in [3.8, 4) is 0 Å². The molecule has 0 radical (unpaired) electrons. The first-order valence-electron chi connectivity index (χ1n) is 9.99. The number of carbonyl (C=O) groups is 1. The van der Waals surface area contributed by atoms with E-state index in [4.69, 9.17) is 4.84 Å². The maximum absolute atomic E-state index is 13.2. The molecular weight excluding hydrogens is 382 g/mol. The number of amides is 1. The van der Waals surface area contributed by atoms with E-state index in [0.29, 0.717) is 10.7 Å². The lowest BCUT2D eigenvalue weighted by Gasteiger charge is -2.33. The zero-order valence-electron chi connectivity index (χ0n) is 16.6. The van der Waals surface area contributed by atoms with Crippen LogP contribution in [0.1, 0.15) is 52.0 Å². The Bertz CT molecular complexity index is 1070. The van der Waals surface area contributed by atoms with Gasteiger partial charge in [0.05, 0.1) is 4.88 Å². The van der Waals surface area contributed by atoms with E-state index < -0.39 is 5.72 Å². The lowest BCUT2D eigenvalue weighted by Crippen LogP contribution is -2.56. The van der Waals surface area contributed by atoms with E-state index in [-0.39, 0.29) is 5.91 Å². The minimum absolute atomic E-state index is 0.125. The normalized spacial score (nSPS) is 17.6. The van der Waals surface area contributed by atoms with Crippen molar-refractivity contribution in [2.24, 2.45) is 5.16 Å². The van der Waals surface area contributed by atoms with Gasteiger partial charge in [0.1, 0.15) is 0 Å². The highest BCUT2D eigenvalue weighted by molar-refractivity contribution is 7.20. The van der Waals surface area contributed by atoms with Crippen LogP contribution in [0.5, 0.6) is 0 Å². The molecule has 2 heterocycles. The van der Waals surface area contributed by atoms with E-state index in [2.05, 4.69) is 42.6 Å². The van der Waals surface area contributed by atoms with E-state index in [0.717, 1.165) is 52.5 Å². The molecule has 2 aromatic carbocycles. The van der Waals surface area contributed by atoms with Crippen LogP contribution in [-0.4, -0.2) is 22.5 Å². The Morgan fingerprint density at radius 3 is 2.55 bits per heavy atom. The number of nitrogens with zero attached hydrogens (tertiary/aromatic N) is 2. The third-order valence-electron chi connectivity index (χ3n) is 5.65. The molecule has 5 nitrogen and oxygen atoms in total. The molecule has 29 heavy (non-hydrogen) atoms. The van der Waals surface area contributed by atoms with Crippen LogP contribution in [0.15, 0.2) is 53.7 Å². The van der Waals surface area contributed by atoms with Crippen LogP contribution in [0.2, 0.25) is 0 Å². The van der Waals surface area contributed by atoms with E-state index in [1.54, 1.807) is 0 Å². The molecule has 0 atom stereocenters. The molecule has 1 amide bonds. The summed E-state index contributed by atoms with van der Waals surface area (Å²) in [5.74, 6) is 0.549. The van der Waals surface area contributed by atoms with Crippen LogP contribution in [-0.2, 0) is 4.84 Å². The molecule has 6 heteroatoms. The number of thiophene rings is 1. The Labute approximate surface area is 173 Å². The summed E-state index contributed by atoms with van der Waals surface area (Å²) in [7, 11) is 0. The Morgan fingerprint density at radius 2 is 1.83 bits per heavy atom. The molecule has 2 aliphatic rings. The van der Waals surface area contributed by atoms with Gasteiger partial charge in [0, 0.05) is 23.1 Å². The number of hydrazine groups is 1. The number of oxime groups is 1. The lowest BCUT2D eigenvalue weighted by atomic mass is 10.1. The van der Waals surface area contributed by atoms with Crippen LogP contribution in [0, 0.1) is 13.8 Å². The molecule has 3 aromatic rings. The average molecular weight is 406 g/mol. The first-order valence-corrected chi connectivity index (χ1v) is 10.8. The molecule has 1 aliphatic carbocycles. The van der Waals surface area contributed by atoms with E-state index in [1.165, 1.54) is 11.3 Å². The molecule has 0 saturated heterocycles. The molecule has 0 unspecified atom stereocenters. The molecule has 1 aromatic heterocycles. The summed E-state index contributed by atoms with van der Waals surface area (Å²) >= 11 is 1.50. The Morgan fingerprint density at radius 1 is 1.10 bits per heavy atom. The van der Waals surface area contributed by atoms with Crippen LogP contribution in [0.25, 0.3) is 10.1 Å². The molecule has 1 N–H and O–H groups in total. The summed E-state index contributed by atoms with van der Waals surface area (Å²) in [5.41, 5.74) is 5.82. The fourth-order valence-electron chi connectivity index (χ4n) is 4.34. The molecule has 0 bridgehead atoms. The standard InChI is InChI=1S/C23H23N3O2S/c1-15-11-16(2)13-18(12-15)21-25-28-23(9-5-6-10-23)26(21)24-22(27)20-14-17-7-3-4-8-19(17)29-20/h3-4,7-8,11-14H,5-6,9-10H2,1-2H3,(H,24,27). The van der Waals surface area contributed by atoms with Gasteiger partial charge < -0.3 is 4.84 Å². The second-order valence-electron chi connectivity index (χ2n) is 7.96. The number of aryl methyl sites for hydroxylation is 2. The van der Waals surface area contributed by atoms with E-state index in [1.807, 2.05) is 35.3 Å². The second-order valence-corrected chi connectivity index (χ2v) is 9.04. The molecule has 148 valence electrons. The quantitative estimate of drug-likeness (QED) is 0.657. The van der Waals surface area contributed by atoms with Crippen molar-refractivity contribution in [3.63, 3.8) is 0 Å². The van der Waals surface area contributed by atoms with Crippen molar-refractivity contribution in [2.75, 3.05) is 0 Å². The van der Waals surface area contributed by atoms with Crippen LogP contribution < -0.4 is 5.43 Å². The lowest BCUT2D eigenvalue weighted by molar-refractivity contribution is -0.106. The van der Waals surface area contributed by atoms with Gasteiger partial charge in [-0.05, 0) is 56.3 Å². The summed E-state index contributed by atoms with van der Waals surface area (Å²) < 4.78 is 1.11. The smallest absolute Gasteiger partial charge is 0.280 e. The summed E-state index contributed by atoms with van der Waals surface area (Å²) in [6.45, 7) is 4.14. The zero-order valence-corrected chi connectivity index (χ0v) is 17.4. The van der Waals surface area contributed by atoms with Gasteiger partial charge in [-0.1, -0.05) is 40.5 Å². The number of benzene rings is 2. The van der Waals surface area contributed by atoms with Gasteiger partial charge in [0.25, 0.3) is 5.91 Å². The van der Waals surface area contributed by atoms with Gasteiger partial charge >= 0.3 is 0 Å². The molecule has 5 rings (SSSR count). The molecule has 1 fully saturated rings. The van der Waals surface area contributed by atoms with Gasteiger partial charge in [-0.25, -0.2) is 5.01 Å². The first kappa shape index (κ1) is 18.2. The fraction of sp³-hybridized carbons (Fsp3) is 0.304. The number of hydrogen-bond acceptors (Lipinski definition) is 5. The van der Waals surface area contributed by atoms with Gasteiger partial charge in [-0.15, -0.1) is 11.3 Å². The van der Waals surface area contributed by atoms with Gasteiger partial charge in [-0.3, -0.25) is 10.2 Å². The summed E-state index contributed by atoms with van der Waals surface area (Å²) in [4.78, 5) is 19.8. The highest BCUT2D eigenvalue weighted by Crippen LogP contribution is 2.40. The van der Waals surface area contributed by atoms with Gasteiger partial charge in [-0.2, -0.15) is 0 Å². The number of nitrogens with one attached hydrogen (secondary N) is 1. The largest absolute Gasteiger partial charge is 0.363 e. The van der Waals surface area contributed by atoms with Crippen molar-refractivity contribution in [1.82, 2.24) is 10.4 Å². The van der Waals surface area contributed by atoms with Crippen LogP contribution >= 0.6 is 11.3 Å². The minimum Gasteiger partial charge on any atom is -0.363 e. The van der Waals surface area contributed by atoms with Gasteiger partial charge in [0.15, 0.2) is 5.84 Å². The molecular formula is C23H23N3O2S. The average Bonchev–Trinajstić information content (AvgIpc) is 3.41. The molecule has 1 aliphatic heterocycles. The monoisotopic (exact) mass is 405 g/mol. The maximum atomic E-state index is 13.2. The van der Waals surface area contributed by atoms with E-state index in [9.17, 15) is 4.79 Å². The van der Waals surface area contributed by atoms with Crippen molar-refractivity contribution in [3.05, 3.63) is 70.1 Å². The Hall–Kier alpha value is -2.86. The van der Waals surface area contributed by atoms with Gasteiger partial charge in [0.2, 0.25) is 5.72 Å². The van der Waals surface area contributed by atoms with Crippen molar-refractivity contribution in [2.45, 2.75) is 45.3 Å². The summed E-state index contributed by atoms with van der Waals surface area (Å²) in [5, 5.41) is 7.38. The van der Waals surface area contributed by atoms with Crippen molar-refractivity contribution >= 4 is 33.2 Å². The SMILES string of the molecule is Cc1cc(C)cc(C2=NOC3(CCCC3)N2NC(=O)c2cc3ccccc3s2)c1. The maximum Gasteiger partial charge on any atom is 0.280 e. The Balaban J connectivity index is 1.49. The fourth-order valence-corrected chi connectivity index (χ4v) is 5.29. The predicted molar refractivity (Wildman–Crippen MR) is 116 cm³/mol. The predicted octanol–water partition coefficient (Wildman–Crippen LogP) is 5.13. The van der Waals surface area contributed by atoms with Crippen molar-refractivity contribution in [1.29, 1.82) is 0 Å². The topological polar surface area (TPSA) is 53.9 Å². The summed E-state index contributed by atoms with van der Waals surface area (Å²) in [6.07, 6.45) is 3.81. The highest BCUT2D eigenvalue weighted by atomic mass is 32.1. The number of hydrogen-bond donors (Lipinski definition) is 1. The number of fused-ring (bicyclic) bond motifs is 1. The van der Waals surface area contributed by atoms with Crippen LogP contribution in [0.3, 0.4) is 0 Å².